The van der Waals surface area contributed by atoms with Crippen molar-refractivity contribution >= 4 is 23.6 Å². The number of aldehydes is 1. The van der Waals surface area contributed by atoms with Crippen molar-refractivity contribution in [3.63, 3.8) is 0 Å². The van der Waals surface area contributed by atoms with Crippen molar-refractivity contribution in [2.24, 2.45) is 0 Å². The lowest BCUT2D eigenvalue weighted by Crippen LogP contribution is -2.28. The molecule has 2 aromatic carbocycles. The predicted molar refractivity (Wildman–Crippen MR) is 73.5 cm³/mol. The molecule has 0 amide bonds. The maximum absolute atomic E-state index is 11.1. The first-order chi connectivity index (χ1) is 8.79. The lowest BCUT2D eigenvalue weighted by atomic mass is 10.1. The largest absolute Gasteiger partial charge is 0.320 e. The molecule has 0 aliphatic carbocycles. The van der Waals surface area contributed by atoms with Crippen LogP contribution in [0.4, 0.5) is 5.69 Å². The number of nitrogens with one attached hydrogen (secondary N) is 2. The van der Waals surface area contributed by atoms with E-state index in [1.807, 2.05) is 42.5 Å². The van der Waals surface area contributed by atoms with Gasteiger partial charge >= 0.3 is 0 Å². The summed E-state index contributed by atoms with van der Waals surface area (Å²) >= 11 is 5.87. The second kappa shape index (κ2) is 6.19. The monoisotopic (exact) mass is 260 g/mol. The number of hydrogen-bond donors (Lipinski definition) is 2. The summed E-state index contributed by atoms with van der Waals surface area (Å²) in [7, 11) is 0. The third kappa shape index (κ3) is 3.32. The Bertz CT molecular complexity index is 516. The summed E-state index contributed by atoms with van der Waals surface area (Å²) in [5.41, 5.74) is 7.64. The zero-order chi connectivity index (χ0) is 12.8. The summed E-state index contributed by atoms with van der Waals surface area (Å²) in [4.78, 5) is 11.1. The fourth-order valence-corrected chi connectivity index (χ4v) is 1.77. The second-order valence-corrected chi connectivity index (χ2v) is 4.24. The number of benzene rings is 2. The van der Waals surface area contributed by atoms with Gasteiger partial charge in [0.15, 0.2) is 0 Å². The molecule has 0 aliphatic heterocycles. The summed E-state index contributed by atoms with van der Waals surface area (Å²) in [5.74, 6) is 0. The Morgan fingerprint density at radius 1 is 1.06 bits per heavy atom. The molecular weight excluding hydrogens is 248 g/mol. The van der Waals surface area contributed by atoms with Crippen LogP contribution < -0.4 is 10.9 Å². The number of rotatable bonds is 5. The van der Waals surface area contributed by atoms with E-state index >= 15 is 0 Å². The Hall–Kier alpha value is -1.84. The maximum atomic E-state index is 11.1. The Labute approximate surface area is 111 Å². The fraction of sp³-hybridized carbons (Fsp3) is 0.0714. The van der Waals surface area contributed by atoms with Crippen LogP contribution in [-0.4, -0.2) is 6.29 Å². The van der Waals surface area contributed by atoms with Crippen LogP contribution in [0.25, 0.3) is 0 Å². The zero-order valence-electron chi connectivity index (χ0n) is 9.64. The highest BCUT2D eigenvalue weighted by molar-refractivity contribution is 6.30. The van der Waals surface area contributed by atoms with E-state index in [-0.39, 0.29) is 0 Å². The number of carbonyl (C=O) groups is 1. The van der Waals surface area contributed by atoms with Crippen LogP contribution in [0, 0.1) is 0 Å². The summed E-state index contributed by atoms with van der Waals surface area (Å²) in [6, 6.07) is 16.4. The fourth-order valence-electron chi connectivity index (χ4n) is 1.58. The Kier molecular flexibility index (Phi) is 4.34. The van der Waals surface area contributed by atoms with Crippen LogP contribution in [0.2, 0.25) is 5.02 Å². The van der Waals surface area contributed by atoms with Gasteiger partial charge in [0.1, 0.15) is 12.3 Å². The van der Waals surface area contributed by atoms with Crippen LogP contribution in [0.3, 0.4) is 0 Å². The Balaban J connectivity index is 2.02. The van der Waals surface area contributed by atoms with Crippen LogP contribution in [0.5, 0.6) is 0 Å². The number of anilines is 1. The van der Waals surface area contributed by atoms with Gasteiger partial charge in [0, 0.05) is 5.02 Å². The lowest BCUT2D eigenvalue weighted by Gasteiger charge is -2.15. The minimum absolute atomic E-state index is 0.398. The molecule has 18 heavy (non-hydrogen) atoms. The average molecular weight is 261 g/mol. The standard InChI is InChI=1S/C14H13ClN2O/c15-12-7-4-8-13(9-12)16-17-14(10-18)11-5-2-1-3-6-11/h1-10,14,16-17H. The molecule has 0 aliphatic rings. The molecule has 0 spiro atoms. The van der Waals surface area contributed by atoms with E-state index in [9.17, 15) is 4.79 Å². The van der Waals surface area contributed by atoms with E-state index in [0.29, 0.717) is 5.02 Å². The van der Waals surface area contributed by atoms with Crippen LogP contribution in [0.15, 0.2) is 54.6 Å². The summed E-state index contributed by atoms with van der Waals surface area (Å²) < 4.78 is 0. The molecule has 0 radical (unpaired) electrons. The quantitative estimate of drug-likeness (QED) is 0.641. The van der Waals surface area contributed by atoms with Crippen LogP contribution in [-0.2, 0) is 4.79 Å². The molecule has 1 unspecified atom stereocenters. The molecule has 0 saturated heterocycles. The number of hydrazine groups is 1. The van der Waals surface area contributed by atoms with Crippen molar-refractivity contribution in [3.8, 4) is 0 Å². The molecule has 0 aromatic heterocycles. The van der Waals surface area contributed by atoms with E-state index in [0.717, 1.165) is 17.5 Å². The normalized spacial score (nSPS) is 11.8. The molecule has 0 heterocycles. The van der Waals surface area contributed by atoms with Gasteiger partial charge in [-0.05, 0) is 23.8 Å². The lowest BCUT2D eigenvalue weighted by molar-refractivity contribution is -0.109. The Morgan fingerprint density at radius 2 is 1.83 bits per heavy atom. The summed E-state index contributed by atoms with van der Waals surface area (Å²) in [6.45, 7) is 0. The zero-order valence-corrected chi connectivity index (χ0v) is 10.4. The third-order valence-corrected chi connectivity index (χ3v) is 2.73. The van der Waals surface area contributed by atoms with Gasteiger partial charge in [0.25, 0.3) is 0 Å². The van der Waals surface area contributed by atoms with Gasteiger partial charge in [0.2, 0.25) is 0 Å². The highest BCUT2D eigenvalue weighted by Gasteiger charge is 2.08. The number of carbonyl (C=O) groups excluding carboxylic acids is 1. The van der Waals surface area contributed by atoms with Crippen molar-refractivity contribution in [1.82, 2.24) is 5.43 Å². The van der Waals surface area contributed by atoms with Crippen molar-refractivity contribution in [2.75, 3.05) is 5.43 Å². The van der Waals surface area contributed by atoms with E-state index in [2.05, 4.69) is 10.9 Å². The Morgan fingerprint density at radius 3 is 2.50 bits per heavy atom. The number of halogens is 1. The summed E-state index contributed by atoms with van der Waals surface area (Å²) in [6.07, 6.45) is 0.854. The van der Waals surface area contributed by atoms with Crippen molar-refractivity contribution in [1.29, 1.82) is 0 Å². The predicted octanol–water partition coefficient (Wildman–Crippen LogP) is 3.20. The first kappa shape index (κ1) is 12.6. The van der Waals surface area contributed by atoms with Crippen molar-refractivity contribution in [2.45, 2.75) is 6.04 Å². The van der Waals surface area contributed by atoms with Crippen molar-refractivity contribution in [3.05, 3.63) is 65.2 Å². The van der Waals surface area contributed by atoms with Gasteiger partial charge in [-0.2, -0.15) is 0 Å². The van der Waals surface area contributed by atoms with Gasteiger partial charge in [-0.3, -0.25) is 0 Å². The van der Waals surface area contributed by atoms with E-state index < -0.39 is 6.04 Å². The molecule has 0 saturated carbocycles. The van der Waals surface area contributed by atoms with E-state index in [1.54, 1.807) is 12.1 Å². The molecule has 0 fully saturated rings. The van der Waals surface area contributed by atoms with Gasteiger partial charge in [-0.15, -0.1) is 0 Å². The minimum Gasteiger partial charge on any atom is -0.320 e. The van der Waals surface area contributed by atoms with Crippen LogP contribution in [0.1, 0.15) is 11.6 Å². The average Bonchev–Trinajstić information content (AvgIpc) is 2.41. The van der Waals surface area contributed by atoms with Gasteiger partial charge < -0.3 is 10.2 Å². The molecule has 0 bridgehead atoms. The molecule has 2 rings (SSSR count). The van der Waals surface area contributed by atoms with Gasteiger partial charge in [0.05, 0.1) is 5.69 Å². The molecule has 2 aromatic rings. The summed E-state index contributed by atoms with van der Waals surface area (Å²) in [5, 5.41) is 0.643. The molecular formula is C14H13ClN2O. The molecule has 4 heteroatoms. The third-order valence-electron chi connectivity index (χ3n) is 2.49. The molecule has 92 valence electrons. The molecule has 1 atom stereocenters. The smallest absolute Gasteiger partial charge is 0.143 e. The van der Waals surface area contributed by atoms with Crippen molar-refractivity contribution < 1.29 is 4.79 Å². The first-order valence-electron chi connectivity index (χ1n) is 5.57. The highest BCUT2D eigenvalue weighted by atomic mass is 35.5. The maximum Gasteiger partial charge on any atom is 0.143 e. The minimum atomic E-state index is -0.398. The van der Waals surface area contributed by atoms with Crippen LogP contribution >= 0.6 is 11.6 Å². The first-order valence-corrected chi connectivity index (χ1v) is 5.95. The topological polar surface area (TPSA) is 41.1 Å². The SMILES string of the molecule is O=CC(NNc1cccc(Cl)c1)c1ccccc1. The second-order valence-electron chi connectivity index (χ2n) is 3.80. The highest BCUT2D eigenvalue weighted by Crippen LogP contribution is 2.15. The van der Waals surface area contributed by atoms with Gasteiger partial charge in [-0.1, -0.05) is 48.0 Å². The molecule has 3 nitrogen and oxygen atoms in total. The van der Waals surface area contributed by atoms with E-state index in [4.69, 9.17) is 11.6 Å². The molecule has 2 N–H and O–H groups in total. The van der Waals surface area contributed by atoms with E-state index in [1.165, 1.54) is 0 Å². The van der Waals surface area contributed by atoms with Gasteiger partial charge in [-0.25, -0.2) is 5.43 Å². The number of hydrogen-bond acceptors (Lipinski definition) is 3.